The number of likely N-dealkylation sites (tertiary alicyclic amines) is 1. The molecule has 1 N–H and O–H groups in total. The Labute approximate surface area is 138 Å². The van der Waals surface area contributed by atoms with Crippen LogP contribution in [-0.2, 0) is 0 Å². The number of halogens is 1. The zero-order chi connectivity index (χ0) is 17.3. The fraction of sp³-hybridized carbons (Fsp3) is 0.278. The third kappa shape index (κ3) is 2.99. The highest BCUT2D eigenvalue weighted by Gasteiger charge is 2.36. The minimum Gasteiger partial charge on any atom is -0.478 e. The van der Waals surface area contributed by atoms with E-state index in [1.807, 2.05) is 6.92 Å². The van der Waals surface area contributed by atoms with Crippen molar-refractivity contribution in [3.8, 4) is 0 Å². The molecule has 0 radical (unpaired) electrons. The van der Waals surface area contributed by atoms with Gasteiger partial charge in [-0.1, -0.05) is 25.1 Å². The molecule has 0 aliphatic carbocycles. The monoisotopic (exact) mass is 328 g/mol. The topological polar surface area (TPSA) is 70.5 Å². The highest BCUT2D eigenvalue weighted by Crippen LogP contribution is 2.37. The summed E-state index contributed by atoms with van der Waals surface area (Å²) >= 11 is 0. The first-order chi connectivity index (χ1) is 11.5. The van der Waals surface area contributed by atoms with Crippen molar-refractivity contribution in [1.29, 1.82) is 0 Å². The van der Waals surface area contributed by atoms with Gasteiger partial charge in [0.15, 0.2) is 0 Å². The second kappa shape index (κ2) is 6.39. The van der Waals surface area contributed by atoms with Gasteiger partial charge in [-0.15, -0.1) is 0 Å². The Hall–Kier alpha value is -2.76. The average Bonchev–Trinajstić information content (AvgIpc) is 2.96. The smallest absolute Gasteiger partial charge is 0.335 e. The van der Waals surface area contributed by atoms with Crippen LogP contribution in [0.3, 0.4) is 0 Å². The molecule has 2 heterocycles. The summed E-state index contributed by atoms with van der Waals surface area (Å²) in [6.45, 7) is 2.49. The maximum Gasteiger partial charge on any atom is 0.335 e. The molecular weight excluding hydrogens is 311 g/mol. The van der Waals surface area contributed by atoms with Crippen LogP contribution in [0.1, 0.15) is 45.8 Å². The van der Waals surface area contributed by atoms with Gasteiger partial charge in [-0.05, 0) is 30.5 Å². The number of benzene rings is 1. The first kappa shape index (κ1) is 16.1. The minimum atomic E-state index is -1.12. The number of carbonyl (C=O) groups excluding carboxylic acids is 1. The predicted molar refractivity (Wildman–Crippen MR) is 85.2 cm³/mol. The van der Waals surface area contributed by atoms with Crippen molar-refractivity contribution >= 4 is 11.9 Å². The SMILES string of the molecule is CC1CC(c2ccccc2F)N(C(=O)c2cc(C(=O)O)ccn2)C1. The molecule has 2 aromatic rings. The second-order valence-electron chi connectivity index (χ2n) is 6.07. The first-order valence-electron chi connectivity index (χ1n) is 7.72. The van der Waals surface area contributed by atoms with Gasteiger partial charge in [0.25, 0.3) is 5.91 Å². The van der Waals surface area contributed by atoms with E-state index in [2.05, 4.69) is 4.98 Å². The number of carboxylic acid groups (broad SMARTS) is 1. The van der Waals surface area contributed by atoms with Crippen LogP contribution in [0.15, 0.2) is 42.6 Å². The molecule has 1 aromatic heterocycles. The molecule has 1 fully saturated rings. The van der Waals surface area contributed by atoms with E-state index in [4.69, 9.17) is 5.11 Å². The molecule has 2 unspecified atom stereocenters. The Morgan fingerprint density at radius 3 is 2.75 bits per heavy atom. The molecule has 1 aliphatic rings. The molecule has 0 saturated carbocycles. The zero-order valence-corrected chi connectivity index (χ0v) is 13.1. The molecule has 1 saturated heterocycles. The molecule has 3 rings (SSSR count). The number of aromatic carboxylic acids is 1. The molecule has 6 heteroatoms. The van der Waals surface area contributed by atoms with Crippen LogP contribution >= 0.6 is 0 Å². The summed E-state index contributed by atoms with van der Waals surface area (Å²) in [6.07, 6.45) is 1.96. The van der Waals surface area contributed by atoms with Gasteiger partial charge in [0.05, 0.1) is 11.6 Å². The van der Waals surface area contributed by atoms with Crippen molar-refractivity contribution in [2.75, 3.05) is 6.54 Å². The largest absolute Gasteiger partial charge is 0.478 e. The number of aromatic nitrogens is 1. The number of nitrogens with zero attached hydrogens (tertiary/aromatic N) is 2. The minimum absolute atomic E-state index is 0.00281. The number of hydrogen-bond acceptors (Lipinski definition) is 3. The van der Waals surface area contributed by atoms with Gasteiger partial charge < -0.3 is 10.0 Å². The third-order valence-electron chi connectivity index (χ3n) is 4.26. The highest BCUT2D eigenvalue weighted by molar-refractivity contribution is 5.96. The van der Waals surface area contributed by atoms with Crippen LogP contribution < -0.4 is 0 Å². The summed E-state index contributed by atoms with van der Waals surface area (Å²) in [5.41, 5.74) is 0.540. The lowest BCUT2D eigenvalue weighted by Crippen LogP contribution is -2.32. The highest BCUT2D eigenvalue weighted by atomic mass is 19.1. The molecule has 0 spiro atoms. The summed E-state index contributed by atoms with van der Waals surface area (Å²) < 4.78 is 14.1. The van der Waals surface area contributed by atoms with Crippen LogP contribution in [0.25, 0.3) is 0 Å². The summed E-state index contributed by atoms with van der Waals surface area (Å²) in [5.74, 6) is -1.62. The van der Waals surface area contributed by atoms with Crippen LogP contribution in [0, 0.1) is 11.7 Å². The maximum absolute atomic E-state index is 14.1. The van der Waals surface area contributed by atoms with E-state index in [0.29, 0.717) is 18.5 Å². The van der Waals surface area contributed by atoms with Crippen molar-refractivity contribution in [3.63, 3.8) is 0 Å². The van der Waals surface area contributed by atoms with Crippen molar-refractivity contribution < 1.29 is 19.1 Å². The maximum atomic E-state index is 14.1. The molecule has 0 bridgehead atoms. The van der Waals surface area contributed by atoms with Crippen LogP contribution in [0.2, 0.25) is 0 Å². The number of amides is 1. The Balaban J connectivity index is 1.94. The van der Waals surface area contributed by atoms with Gasteiger partial charge in [-0.3, -0.25) is 9.78 Å². The molecular formula is C18H17FN2O3. The molecule has 1 aliphatic heterocycles. The molecule has 24 heavy (non-hydrogen) atoms. The van der Waals surface area contributed by atoms with E-state index in [-0.39, 0.29) is 34.9 Å². The fourth-order valence-corrected chi connectivity index (χ4v) is 3.14. The zero-order valence-electron chi connectivity index (χ0n) is 13.1. The number of hydrogen-bond donors (Lipinski definition) is 1. The Kier molecular flexibility index (Phi) is 4.29. The normalized spacial score (nSPS) is 20.2. The number of carbonyl (C=O) groups is 2. The van der Waals surface area contributed by atoms with Crippen LogP contribution in [-0.4, -0.2) is 33.4 Å². The molecule has 1 aromatic carbocycles. The van der Waals surface area contributed by atoms with Gasteiger partial charge in [-0.2, -0.15) is 0 Å². The lowest BCUT2D eigenvalue weighted by molar-refractivity contribution is 0.0696. The summed E-state index contributed by atoms with van der Waals surface area (Å²) in [6, 6.07) is 8.63. The molecule has 5 nitrogen and oxygen atoms in total. The second-order valence-corrected chi connectivity index (χ2v) is 6.07. The van der Waals surface area contributed by atoms with Crippen molar-refractivity contribution in [1.82, 2.24) is 9.88 Å². The fourth-order valence-electron chi connectivity index (χ4n) is 3.14. The number of carboxylic acids is 1. The van der Waals surface area contributed by atoms with Gasteiger partial charge >= 0.3 is 5.97 Å². The van der Waals surface area contributed by atoms with E-state index < -0.39 is 5.97 Å². The van der Waals surface area contributed by atoms with Crippen molar-refractivity contribution in [2.24, 2.45) is 5.92 Å². The quantitative estimate of drug-likeness (QED) is 0.939. The lowest BCUT2D eigenvalue weighted by atomic mass is 10.0. The number of rotatable bonds is 3. The van der Waals surface area contributed by atoms with Crippen molar-refractivity contribution in [2.45, 2.75) is 19.4 Å². The van der Waals surface area contributed by atoms with E-state index >= 15 is 0 Å². The van der Waals surface area contributed by atoms with E-state index in [1.54, 1.807) is 23.1 Å². The average molecular weight is 328 g/mol. The molecule has 124 valence electrons. The third-order valence-corrected chi connectivity index (χ3v) is 4.26. The molecule has 2 atom stereocenters. The summed E-state index contributed by atoms with van der Waals surface area (Å²) in [7, 11) is 0. The van der Waals surface area contributed by atoms with Crippen molar-refractivity contribution in [3.05, 3.63) is 65.2 Å². The van der Waals surface area contributed by atoms with Crippen LogP contribution in [0.5, 0.6) is 0 Å². The van der Waals surface area contributed by atoms with Gasteiger partial charge in [-0.25, -0.2) is 9.18 Å². The molecule has 1 amide bonds. The van der Waals surface area contributed by atoms with Crippen LogP contribution in [0.4, 0.5) is 4.39 Å². The first-order valence-corrected chi connectivity index (χ1v) is 7.72. The standard InChI is InChI=1S/C18H17FN2O3/c1-11-8-16(13-4-2-3-5-14(13)19)21(10-11)17(22)15-9-12(18(23)24)6-7-20-15/h2-7,9,11,16H,8,10H2,1H3,(H,23,24). The van der Waals surface area contributed by atoms with E-state index in [1.165, 1.54) is 24.4 Å². The van der Waals surface area contributed by atoms with Gasteiger partial charge in [0.1, 0.15) is 11.5 Å². The Morgan fingerprint density at radius 2 is 2.04 bits per heavy atom. The number of pyridine rings is 1. The Morgan fingerprint density at radius 1 is 1.29 bits per heavy atom. The Bertz CT molecular complexity index is 793. The summed E-state index contributed by atoms with van der Waals surface area (Å²) in [5, 5.41) is 9.06. The van der Waals surface area contributed by atoms with Gasteiger partial charge in [0.2, 0.25) is 0 Å². The van der Waals surface area contributed by atoms with E-state index in [9.17, 15) is 14.0 Å². The van der Waals surface area contributed by atoms with Gasteiger partial charge in [0, 0.05) is 18.3 Å². The van der Waals surface area contributed by atoms with E-state index in [0.717, 1.165) is 0 Å². The summed E-state index contributed by atoms with van der Waals surface area (Å²) in [4.78, 5) is 29.5. The predicted octanol–water partition coefficient (Wildman–Crippen LogP) is 3.14. The lowest BCUT2D eigenvalue weighted by Gasteiger charge is -2.25.